The van der Waals surface area contributed by atoms with Gasteiger partial charge in [-0.15, -0.1) is 0 Å². The van der Waals surface area contributed by atoms with E-state index in [9.17, 15) is 0 Å². The first-order valence-electron chi connectivity index (χ1n) is 30.3. The predicted molar refractivity (Wildman–Crippen MR) is 366 cm³/mol. The average molecular weight is 1170 g/mol. The van der Waals surface area contributed by atoms with Gasteiger partial charge in [0.05, 0.1) is 64.4 Å². The van der Waals surface area contributed by atoms with Crippen LogP contribution in [0.5, 0.6) is 0 Å². The maximum absolute atomic E-state index is 6.20. The van der Waals surface area contributed by atoms with E-state index in [1.165, 1.54) is 127 Å². The van der Waals surface area contributed by atoms with Crippen LogP contribution < -0.4 is 0 Å². The molecule has 13 rings (SSSR count). The van der Waals surface area contributed by atoms with Crippen LogP contribution in [-0.4, -0.2) is 19.9 Å². The van der Waals surface area contributed by atoms with E-state index in [1.807, 2.05) is 47.0 Å². The monoisotopic (exact) mass is 1170 g/mol. The lowest BCUT2D eigenvalue weighted by Crippen LogP contribution is -1.92. The molecule has 8 heteroatoms. The van der Waals surface area contributed by atoms with Crippen molar-refractivity contribution in [3.05, 3.63) is 215 Å². The van der Waals surface area contributed by atoms with Gasteiger partial charge < -0.3 is 9.97 Å². The molecule has 0 unspecified atom stereocenters. The minimum Gasteiger partial charge on any atom is -0.353 e. The molecule has 2 aliphatic rings. The molecule has 0 amide bonds. The van der Waals surface area contributed by atoms with Crippen molar-refractivity contribution in [2.75, 3.05) is 0 Å². The molecule has 0 atom stereocenters. The molecule has 0 saturated heterocycles. The number of hydrogen-bond acceptors (Lipinski definition) is 6. The molecule has 0 aliphatic carbocycles. The number of rotatable bonds is 16. The van der Waals surface area contributed by atoms with E-state index >= 15 is 0 Å². The van der Waals surface area contributed by atoms with E-state index in [-0.39, 0.29) is 0 Å². The summed E-state index contributed by atoms with van der Waals surface area (Å²) in [6.45, 7) is 18.7. The van der Waals surface area contributed by atoms with Gasteiger partial charge in [0.25, 0.3) is 0 Å². The summed E-state index contributed by atoms with van der Waals surface area (Å²) in [5.41, 5.74) is 19.5. The van der Waals surface area contributed by atoms with Gasteiger partial charge in [-0.25, -0.2) is 9.97 Å². The van der Waals surface area contributed by atoms with Crippen LogP contribution in [0.1, 0.15) is 126 Å². The van der Waals surface area contributed by atoms with Gasteiger partial charge >= 0.3 is 0 Å². The largest absolute Gasteiger partial charge is 0.353 e. The third-order valence-corrected chi connectivity index (χ3v) is 21.5. The lowest BCUT2D eigenvalue weighted by Gasteiger charge is -2.11. The minimum atomic E-state index is 0.836. The zero-order chi connectivity index (χ0) is 57.6. The molecule has 2 N–H and O–H groups in total. The van der Waals surface area contributed by atoms with Crippen molar-refractivity contribution < 1.29 is 0 Å². The van der Waals surface area contributed by atoms with Crippen LogP contribution in [0, 0.1) is 0 Å². The minimum absolute atomic E-state index is 0.836. The summed E-state index contributed by atoms with van der Waals surface area (Å²) >= 11 is 7.46. The molecule has 4 nitrogen and oxygen atoms in total. The van der Waals surface area contributed by atoms with Crippen LogP contribution in [0.4, 0.5) is 0 Å². The Hall–Kier alpha value is -7.20. The van der Waals surface area contributed by atoms with Crippen molar-refractivity contribution in [2.24, 2.45) is 0 Å². The average Bonchev–Trinajstić information content (AvgIpc) is 4.51. The molecule has 0 radical (unpaired) electrons. The van der Waals surface area contributed by atoms with E-state index in [0.29, 0.717) is 0 Å². The third-order valence-electron chi connectivity index (χ3n) is 17.1. The molecule has 8 bridgehead atoms. The summed E-state index contributed by atoms with van der Waals surface area (Å²) in [5, 5.41) is 9.86. The van der Waals surface area contributed by atoms with Gasteiger partial charge in [0.15, 0.2) is 0 Å². The van der Waals surface area contributed by atoms with Crippen molar-refractivity contribution in [1.82, 2.24) is 19.9 Å². The van der Waals surface area contributed by atoms with E-state index in [4.69, 9.17) is 9.97 Å². The van der Waals surface area contributed by atoms with Crippen LogP contribution in [-0.2, 0) is 25.7 Å². The van der Waals surface area contributed by atoms with Crippen LogP contribution in [0.3, 0.4) is 0 Å². The van der Waals surface area contributed by atoms with Gasteiger partial charge in [-0.2, -0.15) is 0 Å². The zero-order valence-corrected chi connectivity index (χ0v) is 52.6. The standard InChI is InChI=1S/C76H70N4S4/c1-9-57-58(10-2)66-74(82-54-38-34-46-26-18-22-30-50(46)42-54)68-61(13-5)62(14-6)70(79-68)76(84-56-40-36-48-28-20-24-32-52(48)44-56)72-64(16-8)63(15-7)71(80-72)75(83-55-39-35-47-27-19-23-31-51(47)43-55)69-60(12-4)59(11-3)67(78-69)73(65(57)77-66)81-53-37-33-45-25-17-21-29-49(45)41-53/h17-44,77,80H,9-16H2,1-8H3. The second kappa shape index (κ2) is 24.0. The van der Waals surface area contributed by atoms with Crippen molar-refractivity contribution >= 4 is 134 Å². The first-order chi connectivity index (χ1) is 41.3. The molecule has 418 valence electrons. The van der Waals surface area contributed by atoms with Gasteiger partial charge in [-0.05, 0) is 188 Å². The Morgan fingerprint density at radius 3 is 0.679 bits per heavy atom. The van der Waals surface area contributed by atoms with Crippen molar-refractivity contribution in [1.29, 1.82) is 0 Å². The topological polar surface area (TPSA) is 57.4 Å². The quantitative estimate of drug-likeness (QED) is 0.101. The highest BCUT2D eigenvalue weighted by molar-refractivity contribution is 8.00. The second-order valence-electron chi connectivity index (χ2n) is 21.8. The number of benzene rings is 8. The number of hydrogen-bond donors (Lipinski definition) is 2. The Morgan fingerprint density at radius 1 is 0.262 bits per heavy atom. The second-order valence-corrected chi connectivity index (χ2v) is 26.1. The van der Waals surface area contributed by atoms with Gasteiger partial charge in [0, 0.05) is 19.6 Å². The van der Waals surface area contributed by atoms with Crippen LogP contribution >= 0.6 is 47.0 Å². The molecule has 3 aromatic heterocycles. The van der Waals surface area contributed by atoms with Gasteiger partial charge in [0.1, 0.15) is 0 Å². The molecule has 0 saturated carbocycles. The normalized spacial score (nSPS) is 12.8. The third kappa shape index (κ3) is 10.1. The van der Waals surface area contributed by atoms with Crippen LogP contribution in [0.25, 0.3) is 87.4 Å². The number of aromatic nitrogens is 4. The van der Waals surface area contributed by atoms with E-state index in [0.717, 1.165) is 96.2 Å². The smallest absolute Gasteiger partial charge is 0.0833 e. The van der Waals surface area contributed by atoms with Gasteiger partial charge in [-0.1, -0.05) is 224 Å². The van der Waals surface area contributed by atoms with Gasteiger partial charge in [-0.3, -0.25) is 0 Å². The molecule has 0 fully saturated rings. The number of allylic oxidation sites excluding steroid dienone is 4. The van der Waals surface area contributed by atoms with E-state index in [1.54, 1.807) is 0 Å². The molecule has 11 aromatic rings. The fourth-order valence-electron chi connectivity index (χ4n) is 13.1. The Morgan fingerprint density at radius 2 is 0.476 bits per heavy atom. The Bertz CT molecular complexity index is 4090. The summed E-state index contributed by atoms with van der Waals surface area (Å²) in [6, 6.07) is 62.9. The van der Waals surface area contributed by atoms with Crippen molar-refractivity contribution in [3.63, 3.8) is 0 Å². The number of aryl methyl sites for hydroxylation is 4. The highest BCUT2D eigenvalue weighted by atomic mass is 32.2. The van der Waals surface area contributed by atoms with Crippen molar-refractivity contribution in [3.8, 4) is 0 Å². The number of nitrogens with zero attached hydrogens (tertiary/aromatic N) is 2. The maximum Gasteiger partial charge on any atom is 0.0833 e. The molecule has 8 aromatic carbocycles. The van der Waals surface area contributed by atoms with Gasteiger partial charge in [0.2, 0.25) is 0 Å². The summed E-state index contributed by atoms with van der Waals surface area (Å²) in [7, 11) is 0. The number of fused-ring (bicyclic) bond motifs is 12. The summed E-state index contributed by atoms with van der Waals surface area (Å²) in [5.74, 6) is 0. The number of nitrogens with one attached hydrogen (secondary N) is 2. The Labute approximate surface area is 511 Å². The lowest BCUT2D eigenvalue weighted by molar-refractivity contribution is 1.06. The first kappa shape index (κ1) is 56.0. The Kier molecular flexibility index (Phi) is 16.0. The summed E-state index contributed by atoms with van der Waals surface area (Å²) in [6.07, 6.45) is 6.74. The highest BCUT2D eigenvalue weighted by Crippen LogP contribution is 2.52. The first-order valence-corrected chi connectivity index (χ1v) is 33.5. The van der Waals surface area contributed by atoms with Crippen molar-refractivity contribution in [2.45, 2.75) is 146 Å². The number of aromatic amines is 2. The zero-order valence-electron chi connectivity index (χ0n) is 49.4. The predicted octanol–water partition coefficient (Wildman–Crippen LogP) is 23.2. The fourth-order valence-corrected chi connectivity index (χ4v) is 17.5. The Balaban J connectivity index is 1.25. The fraction of sp³-hybridized carbons (Fsp3) is 0.211. The van der Waals surface area contributed by atoms with Crippen LogP contribution in [0.2, 0.25) is 0 Å². The number of H-pyrrole nitrogens is 2. The highest BCUT2D eigenvalue weighted by Gasteiger charge is 2.32. The van der Waals surface area contributed by atoms with E-state index in [2.05, 4.69) is 235 Å². The molecule has 5 heterocycles. The lowest BCUT2D eigenvalue weighted by atomic mass is 9.98. The van der Waals surface area contributed by atoms with E-state index < -0.39 is 0 Å². The van der Waals surface area contributed by atoms with Crippen LogP contribution in [0.15, 0.2) is 209 Å². The molecule has 84 heavy (non-hydrogen) atoms. The maximum atomic E-state index is 6.20. The molecule has 2 aliphatic heterocycles. The molecular weight excluding hydrogens is 1100 g/mol. The molecular formula is C76H70N4S4. The SMILES string of the molecule is CCC1=C(CC)c2nc1c(Sc1ccc3ccccc3c1)c1[nH]c(c(CC)c1CC)c(Sc1ccc3ccccc3c1)c1nc(c(Sc3ccc4ccccc4c3)c3[nH]c(c(CC)c3CC)c2Sc2ccc3ccccc3c2)C(CC)=C1CC. The summed E-state index contributed by atoms with van der Waals surface area (Å²) in [4.78, 5) is 30.6. The summed E-state index contributed by atoms with van der Waals surface area (Å²) < 4.78 is 0. The molecule has 0 spiro atoms.